The van der Waals surface area contributed by atoms with Crippen LogP contribution in [0, 0.1) is 13.8 Å². The van der Waals surface area contributed by atoms with Gasteiger partial charge in [0.15, 0.2) is 0 Å². The lowest BCUT2D eigenvalue weighted by molar-refractivity contribution is 0.0600. The first-order valence-corrected chi connectivity index (χ1v) is 9.09. The van der Waals surface area contributed by atoms with Gasteiger partial charge < -0.3 is 15.4 Å². The van der Waals surface area contributed by atoms with Crippen LogP contribution in [0.3, 0.4) is 0 Å². The summed E-state index contributed by atoms with van der Waals surface area (Å²) in [5.74, 6) is 0.179. The molecule has 29 heavy (non-hydrogen) atoms. The van der Waals surface area contributed by atoms with Gasteiger partial charge in [-0.2, -0.15) is 0 Å². The minimum absolute atomic E-state index is 0.229. The molecule has 3 aromatic rings. The second-order valence-corrected chi connectivity index (χ2v) is 6.55. The average Bonchev–Trinajstić information content (AvgIpc) is 2.71. The molecule has 7 heteroatoms. The average molecular weight is 390 g/mol. The number of rotatable bonds is 6. The maximum Gasteiger partial charge on any atom is 0.337 e. The molecule has 0 radical (unpaired) electrons. The maximum absolute atomic E-state index is 12.6. The van der Waals surface area contributed by atoms with Crippen molar-refractivity contribution >= 4 is 23.4 Å². The molecule has 1 aromatic heterocycles. The second-order valence-electron chi connectivity index (χ2n) is 6.55. The number of anilines is 2. The number of nitrogens with zero attached hydrogens (tertiary/aromatic N) is 2. The van der Waals surface area contributed by atoms with Crippen LogP contribution < -0.4 is 10.6 Å². The summed E-state index contributed by atoms with van der Waals surface area (Å²) < 4.78 is 4.70. The maximum atomic E-state index is 12.6. The Kier molecular flexibility index (Phi) is 6.19. The first kappa shape index (κ1) is 20.0. The van der Waals surface area contributed by atoms with Crippen LogP contribution in [-0.4, -0.2) is 29.0 Å². The Hall–Kier alpha value is -3.74. The molecule has 1 amide bonds. The van der Waals surface area contributed by atoms with E-state index in [1.807, 2.05) is 25.1 Å². The summed E-state index contributed by atoms with van der Waals surface area (Å²) in [5, 5.41) is 5.98. The van der Waals surface area contributed by atoms with Crippen molar-refractivity contribution in [3.63, 3.8) is 0 Å². The quantitative estimate of drug-likeness (QED) is 0.623. The van der Waals surface area contributed by atoms with Gasteiger partial charge in [-0.25, -0.2) is 14.8 Å². The van der Waals surface area contributed by atoms with E-state index in [2.05, 4.69) is 26.7 Å². The fourth-order valence-electron chi connectivity index (χ4n) is 2.83. The van der Waals surface area contributed by atoms with Gasteiger partial charge in [-0.3, -0.25) is 4.79 Å². The number of carbonyl (C=O) groups excluding carboxylic acids is 2. The van der Waals surface area contributed by atoms with Crippen molar-refractivity contribution in [2.24, 2.45) is 0 Å². The predicted octanol–water partition coefficient (Wildman–Crippen LogP) is 3.74. The predicted molar refractivity (Wildman–Crippen MR) is 111 cm³/mol. The molecule has 148 valence electrons. The summed E-state index contributed by atoms with van der Waals surface area (Å²) in [5.41, 5.74) is 3.35. The van der Waals surface area contributed by atoms with E-state index in [9.17, 15) is 9.59 Å². The van der Waals surface area contributed by atoms with Crippen molar-refractivity contribution < 1.29 is 14.3 Å². The Labute approximate surface area is 169 Å². The monoisotopic (exact) mass is 390 g/mol. The van der Waals surface area contributed by atoms with E-state index in [1.165, 1.54) is 12.7 Å². The first-order chi connectivity index (χ1) is 13.9. The zero-order valence-corrected chi connectivity index (χ0v) is 16.5. The zero-order valence-electron chi connectivity index (χ0n) is 16.5. The molecule has 0 aliphatic heterocycles. The molecule has 0 saturated heterocycles. The number of methoxy groups -OCH3 is 1. The molecule has 2 N–H and O–H groups in total. The fourth-order valence-corrected chi connectivity index (χ4v) is 2.83. The van der Waals surface area contributed by atoms with Crippen molar-refractivity contribution in [3.05, 3.63) is 82.8 Å². The van der Waals surface area contributed by atoms with Crippen LogP contribution in [-0.2, 0) is 11.3 Å². The van der Waals surface area contributed by atoms with Crippen molar-refractivity contribution in [1.82, 2.24) is 9.97 Å². The van der Waals surface area contributed by atoms with Crippen LogP contribution in [0.1, 0.15) is 37.8 Å². The molecule has 0 aliphatic carbocycles. The second kappa shape index (κ2) is 8.97. The summed E-state index contributed by atoms with van der Waals surface area (Å²) in [4.78, 5) is 32.9. The Morgan fingerprint density at radius 2 is 1.79 bits per heavy atom. The molecule has 0 saturated carbocycles. The Balaban J connectivity index is 1.73. The number of carbonyl (C=O) groups is 2. The highest BCUT2D eigenvalue weighted by atomic mass is 16.5. The third kappa shape index (κ3) is 5.38. The number of aromatic nitrogens is 2. The van der Waals surface area contributed by atoms with E-state index in [0.717, 1.165) is 5.56 Å². The highest BCUT2D eigenvalue weighted by molar-refractivity contribution is 6.04. The summed E-state index contributed by atoms with van der Waals surface area (Å²) >= 11 is 0. The van der Waals surface area contributed by atoms with Gasteiger partial charge in [-0.1, -0.05) is 35.9 Å². The standard InChI is InChI=1S/C22H22N4O3/c1-14-6-4-7-16(10-14)13-23-20-12-19(24-15(2)25-20)21(27)26-18-9-5-8-17(11-18)22(28)29-3/h4-12H,13H2,1-3H3,(H,26,27)(H,23,24,25). The Morgan fingerprint density at radius 3 is 2.55 bits per heavy atom. The van der Waals surface area contributed by atoms with Crippen LogP contribution in [0.15, 0.2) is 54.6 Å². The Bertz CT molecular complexity index is 1050. The molecule has 0 bridgehead atoms. The van der Waals surface area contributed by atoms with Gasteiger partial charge in [-0.15, -0.1) is 0 Å². The fraction of sp³-hybridized carbons (Fsp3) is 0.182. The summed E-state index contributed by atoms with van der Waals surface area (Å²) in [6.07, 6.45) is 0. The van der Waals surface area contributed by atoms with E-state index in [0.29, 0.717) is 29.4 Å². The lowest BCUT2D eigenvalue weighted by Crippen LogP contribution is -2.16. The molecule has 3 rings (SSSR count). The third-order valence-electron chi connectivity index (χ3n) is 4.17. The van der Waals surface area contributed by atoms with Crippen molar-refractivity contribution in [2.45, 2.75) is 20.4 Å². The molecular weight excluding hydrogens is 368 g/mol. The van der Waals surface area contributed by atoms with Gasteiger partial charge in [0, 0.05) is 18.3 Å². The van der Waals surface area contributed by atoms with Crippen LogP contribution >= 0.6 is 0 Å². The van der Waals surface area contributed by atoms with Crippen molar-refractivity contribution in [1.29, 1.82) is 0 Å². The molecule has 0 unspecified atom stereocenters. The molecular formula is C22H22N4O3. The largest absolute Gasteiger partial charge is 0.465 e. The number of hydrogen-bond acceptors (Lipinski definition) is 6. The lowest BCUT2D eigenvalue weighted by atomic mass is 10.1. The smallest absolute Gasteiger partial charge is 0.337 e. The minimum Gasteiger partial charge on any atom is -0.465 e. The van der Waals surface area contributed by atoms with Crippen LogP contribution in [0.4, 0.5) is 11.5 Å². The topological polar surface area (TPSA) is 93.2 Å². The highest BCUT2D eigenvalue weighted by Crippen LogP contribution is 2.15. The third-order valence-corrected chi connectivity index (χ3v) is 4.17. The van der Waals surface area contributed by atoms with Crippen LogP contribution in [0.25, 0.3) is 0 Å². The number of benzene rings is 2. The van der Waals surface area contributed by atoms with Crippen LogP contribution in [0.2, 0.25) is 0 Å². The van der Waals surface area contributed by atoms with Gasteiger partial charge in [0.25, 0.3) is 5.91 Å². The number of nitrogens with one attached hydrogen (secondary N) is 2. The molecule has 1 heterocycles. The molecule has 0 spiro atoms. The summed E-state index contributed by atoms with van der Waals surface area (Å²) in [7, 11) is 1.31. The minimum atomic E-state index is -0.471. The molecule has 2 aromatic carbocycles. The SMILES string of the molecule is COC(=O)c1cccc(NC(=O)c2cc(NCc3cccc(C)c3)nc(C)n2)c1. The summed E-state index contributed by atoms with van der Waals surface area (Å²) in [6.45, 7) is 4.35. The number of esters is 1. The van der Waals surface area contributed by atoms with E-state index >= 15 is 0 Å². The zero-order chi connectivity index (χ0) is 20.8. The number of aryl methyl sites for hydroxylation is 2. The van der Waals surface area contributed by atoms with E-state index in [1.54, 1.807) is 37.3 Å². The van der Waals surface area contributed by atoms with Crippen molar-refractivity contribution in [3.8, 4) is 0 Å². The normalized spacial score (nSPS) is 10.3. The van der Waals surface area contributed by atoms with Gasteiger partial charge in [0.2, 0.25) is 0 Å². The van der Waals surface area contributed by atoms with Gasteiger partial charge in [0.05, 0.1) is 12.7 Å². The van der Waals surface area contributed by atoms with Gasteiger partial charge in [0.1, 0.15) is 17.3 Å². The van der Waals surface area contributed by atoms with Gasteiger partial charge in [-0.05, 0) is 37.6 Å². The number of hydrogen-bond donors (Lipinski definition) is 2. The molecule has 0 aliphatic rings. The summed E-state index contributed by atoms with van der Waals surface area (Å²) in [6, 6.07) is 16.3. The lowest BCUT2D eigenvalue weighted by Gasteiger charge is -2.10. The molecule has 0 fully saturated rings. The number of amides is 1. The van der Waals surface area contributed by atoms with E-state index in [-0.39, 0.29) is 5.69 Å². The number of ether oxygens (including phenoxy) is 1. The van der Waals surface area contributed by atoms with E-state index in [4.69, 9.17) is 4.74 Å². The first-order valence-electron chi connectivity index (χ1n) is 9.09. The van der Waals surface area contributed by atoms with Crippen LogP contribution in [0.5, 0.6) is 0 Å². The van der Waals surface area contributed by atoms with Gasteiger partial charge >= 0.3 is 5.97 Å². The Morgan fingerprint density at radius 1 is 1.00 bits per heavy atom. The van der Waals surface area contributed by atoms with Crippen molar-refractivity contribution in [2.75, 3.05) is 17.7 Å². The van der Waals surface area contributed by atoms with E-state index < -0.39 is 11.9 Å². The molecule has 7 nitrogen and oxygen atoms in total. The highest BCUT2D eigenvalue weighted by Gasteiger charge is 2.13. The molecule has 0 atom stereocenters.